The molecule has 23 heavy (non-hydrogen) atoms. The van der Waals surface area contributed by atoms with E-state index >= 15 is 0 Å². The van der Waals surface area contributed by atoms with E-state index in [0.717, 1.165) is 25.7 Å². The summed E-state index contributed by atoms with van der Waals surface area (Å²) in [4.78, 5) is 26.5. The zero-order valence-corrected chi connectivity index (χ0v) is 13.8. The number of amides is 2. The first-order valence-electron chi connectivity index (χ1n) is 8.36. The second-order valence-electron chi connectivity index (χ2n) is 6.30. The van der Waals surface area contributed by atoms with E-state index in [1.165, 1.54) is 18.2 Å². The summed E-state index contributed by atoms with van der Waals surface area (Å²) in [5.74, 6) is -0.789. The molecule has 1 aliphatic heterocycles. The lowest BCUT2D eigenvalue weighted by molar-refractivity contribution is -0.127. The predicted molar refractivity (Wildman–Crippen MR) is 87.5 cm³/mol. The van der Waals surface area contributed by atoms with E-state index in [1.54, 1.807) is 11.0 Å². The molecule has 0 bridgehead atoms. The van der Waals surface area contributed by atoms with Gasteiger partial charge in [0.25, 0.3) is 5.91 Å². The van der Waals surface area contributed by atoms with Crippen molar-refractivity contribution < 1.29 is 14.0 Å². The third-order valence-corrected chi connectivity index (χ3v) is 4.26. The van der Waals surface area contributed by atoms with E-state index in [-0.39, 0.29) is 23.8 Å². The summed E-state index contributed by atoms with van der Waals surface area (Å²) in [5, 5.41) is 3.02. The number of halogens is 1. The summed E-state index contributed by atoms with van der Waals surface area (Å²) in [6.45, 7) is 5.10. The standard InChI is InChI=1S/C18H25FN2O2/c1-3-6-13(2)20-17(22)15-8-5-10-21(12-15)18(23)14-7-4-9-16(19)11-14/h4,7,9,11,13,15H,3,5-6,8,10,12H2,1-2H3,(H,20,22)/t13-,15+/m1/s1. The van der Waals surface area contributed by atoms with Gasteiger partial charge in [-0.2, -0.15) is 0 Å². The monoisotopic (exact) mass is 320 g/mol. The van der Waals surface area contributed by atoms with Gasteiger partial charge < -0.3 is 10.2 Å². The van der Waals surface area contributed by atoms with Gasteiger partial charge in [-0.05, 0) is 44.4 Å². The van der Waals surface area contributed by atoms with Crippen molar-refractivity contribution in [2.45, 2.75) is 45.6 Å². The lowest BCUT2D eigenvalue weighted by Gasteiger charge is -2.32. The van der Waals surface area contributed by atoms with Crippen LogP contribution in [-0.2, 0) is 4.79 Å². The van der Waals surface area contributed by atoms with Gasteiger partial charge in [0.05, 0.1) is 5.92 Å². The molecule has 1 N–H and O–H groups in total. The lowest BCUT2D eigenvalue weighted by atomic mass is 9.96. The predicted octanol–water partition coefficient (Wildman–Crippen LogP) is 2.98. The van der Waals surface area contributed by atoms with Crippen molar-refractivity contribution in [1.29, 1.82) is 0 Å². The van der Waals surface area contributed by atoms with Gasteiger partial charge in [0.2, 0.25) is 5.91 Å². The highest BCUT2D eigenvalue weighted by atomic mass is 19.1. The molecule has 0 unspecified atom stereocenters. The molecule has 0 aromatic heterocycles. The van der Waals surface area contributed by atoms with Crippen molar-refractivity contribution in [3.8, 4) is 0 Å². The average Bonchev–Trinajstić information content (AvgIpc) is 2.54. The molecule has 1 saturated heterocycles. The van der Waals surface area contributed by atoms with Gasteiger partial charge in [0.15, 0.2) is 0 Å². The number of rotatable bonds is 5. The van der Waals surface area contributed by atoms with E-state index in [0.29, 0.717) is 18.7 Å². The number of nitrogens with one attached hydrogen (secondary N) is 1. The molecule has 4 nitrogen and oxygen atoms in total. The molecule has 2 atom stereocenters. The van der Waals surface area contributed by atoms with Crippen molar-refractivity contribution in [1.82, 2.24) is 10.2 Å². The first-order valence-corrected chi connectivity index (χ1v) is 8.36. The Morgan fingerprint density at radius 3 is 2.91 bits per heavy atom. The van der Waals surface area contributed by atoms with Crippen LogP contribution in [0, 0.1) is 11.7 Å². The Hall–Kier alpha value is -1.91. The molecular formula is C18H25FN2O2. The van der Waals surface area contributed by atoms with Gasteiger partial charge in [0, 0.05) is 24.7 Å². The fourth-order valence-electron chi connectivity index (χ4n) is 3.05. The minimum atomic E-state index is -0.421. The minimum absolute atomic E-state index is 0.0164. The molecule has 2 amide bonds. The molecule has 1 fully saturated rings. The van der Waals surface area contributed by atoms with Crippen molar-refractivity contribution >= 4 is 11.8 Å². The largest absolute Gasteiger partial charge is 0.353 e. The van der Waals surface area contributed by atoms with Crippen LogP contribution < -0.4 is 5.32 Å². The molecule has 1 aromatic rings. The van der Waals surface area contributed by atoms with Crippen LogP contribution in [0.5, 0.6) is 0 Å². The molecule has 0 radical (unpaired) electrons. The number of carbonyl (C=O) groups is 2. The number of likely N-dealkylation sites (tertiary alicyclic amines) is 1. The van der Waals surface area contributed by atoms with Gasteiger partial charge in [-0.15, -0.1) is 0 Å². The summed E-state index contributed by atoms with van der Waals surface area (Å²) in [6, 6.07) is 5.86. The lowest BCUT2D eigenvalue weighted by Crippen LogP contribution is -2.47. The van der Waals surface area contributed by atoms with E-state index in [4.69, 9.17) is 0 Å². The van der Waals surface area contributed by atoms with Crippen molar-refractivity contribution in [2.75, 3.05) is 13.1 Å². The molecule has 1 aliphatic rings. The smallest absolute Gasteiger partial charge is 0.253 e. The van der Waals surface area contributed by atoms with Crippen molar-refractivity contribution in [2.24, 2.45) is 5.92 Å². The maximum Gasteiger partial charge on any atom is 0.253 e. The van der Waals surface area contributed by atoms with Crippen molar-refractivity contribution in [3.05, 3.63) is 35.6 Å². The Labute approximate surface area is 137 Å². The SMILES string of the molecule is CCC[C@@H](C)NC(=O)[C@H]1CCCN(C(=O)c2cccc(F)c2)C1. The van der Waals surface area contributed by atoms with Crippen molar-refractivity contribution in [3.63, 3.8) is 0 Å². The number of hydrogen-bond acceptors (Lipinski definition) is 2. The van der Waals surface area contributed by atoms with Crippen LogP contribution in [0.1, 0.15) is 49.9 Å². The van der Waals surface area contributed by atoms with E-state index in [2.05, 4.69) is 12.2 Å². The quantitative estimate of drug-likeness (QED) is 0.907. The summed E-state index contributed by atoms with van der Waals surface area (Å²) < 4.78 is 13.3. The third-order valence-electron chi connectivity index (χ3n) is 4.26. The molecule has 0 saturated carbocycles. The first-order chi connectivity index (χ1) is 11.0. The second-order valence-corrected chi connectivity index (χ2v) is 6.30. The second kappa shape index (κ2) is 8.09. The van der Waals surface area contributed by atoms with Gasteiger partial charge in [0.1, 0.15) is 5.82 Å². The first kappa shape index (κ1) is 17.4. The van der Waals surface area contributed by atoms with Gasteiger partial charge in [-0.25, -0.2) is 4.39 Å². The summed E-state index contributed by atoms with van der Waals surface area (Å²) in [6.07, 6.45) is 3.56. The molecule has 2 rings (SSSR count). The highest BCUT2D eigenvalue weighted by molar-refractivity contribution is 5.94. The van der Waals surface area contributed by atoms with Crippen LogP contribution in [0.15, 0.2) is 24.3 Å². The number of benzene rings is 1. The van der Waals surface area contributed by atoms with Gasteiger partial charge in [-0.1, -0.05) is 19.4 Å². The fraction of sp³-hybridized carbons (Fsp3) is 0.556. The molecular weight excluding hydrogens is 295 g/mol. The molecule has 0 spiro atoms. The van der Waals surface area contributed by atoms with E-state index < -0.39 is 5.82 Å². The Kier molecular flexibility index (Phi) is 6.13. The van der Waals surface area contributed by atoms with Crippen LogP contribution in [0.4, 0.5) is 4.39 Å². The Balaban J connectivity index is 1.97. The summed E-state index contributed by atoms with van der Waals surface area (Å²) in [7, 11) is 0. The molecule has 126 valence electrons. The average molecular weight is 320 g/mol. The highest BCUT2D eigenvalue weighted by Gasteiger charge is 2.29. The maximum atomic E-state index is 13.3. The van der Waals surface area contributed by atoms with Crippen LogP contribution in [0.2, 0.25) is 0 Å². The zero-order chi connectivity index (χ0) is 16.8. The van der Waals surface area contributed by atoms with E-state index in [1.807, 2.05) is 6.92 Å². The van der Waals surface area contributed by atoms with Crippen LogP contribution in [0.25, 0.3) is 0 Å². The zero-order valence-electron chi connectivity index (χ0n) is 13.8. The Morgan fingerprint density at radius 1 is 1.43 bits per heavy atom. The molecule has 0 aliphatic carbocycles. The molecule has 1 heterocycles. The van der Waals surface area contributed by atoms with E-state index in [9.17, 15) is 14.0 Å². The van der Waals surface area contributed by atoms with Crippen LogP contribution in [-0.4, -0.2) is 35.8 Å². The van der Waals surface area contributed by atoms with Gasteiger partial charge >= 0.3 is 0 Å². The maximum absolute atomic E-state index is 13.3. The number of nitrogens with zero attached hydrogens (tertiary/aromatic N) is 1. The normalized spacial score (nSPS) is 19.3. The Morgan fingerprint density at radius 2 is 2.22 bits per heavy atom. The van der Waals surface area contributed by atoms with Crippen LogP contribution in [0.3, 0.4) is 0 Å². The Bertz CT molecular complexity index is 562. The molecule has 5 heteroatoms. The fourth-order valence-corrected chi connectivity index (χ4v) is 3.05. The number of carbonyl (C=O) groups excluding carboxylic acids is 2. The third kappa shape index (κ3) is 4.78. The summed E-state index contributed by atoms with van der Waals surface area (Å²) in [5.41, 5.74) is 0.338. The number of hydrogen-bond donors (Lipinski definition) is 1. The topological polar surface area (TPSA) is 49.4 Å². The number of piperidine rings is 1. The van der Waals surface area contributed by atoms with Gasteiger partial charge in [-0.3, -0.25) is 9.59 Å². The minimum Gasteiger partial charge on any atom is -0.353 e. The highest BCUT2D eigenvalue weighted by Crippen LogP contribution is 2.19. The van der Waals surface area contributed by atoms with Crippen LogP contribution >= 0.6 is 0 Å². The molecule has 1 aromatic carbocycles. The summed E-state index contributed by atoms with van der Waals surface area (Å²) >= 11 is 0.